The van der Waals surface area contributed by atoms with Gasteiger partial charge in [0.2, 0.25) is 0 Å². The van der Waals surface area contributed by atoms with Crippen molar-refractivity contribution in [1.82, 2.24) is 0 Å². The van der Waals surface area contributed by atoms with Crippen LogP contribution in [0.2, 0.25) is 0 Å². The quantitative estimate of drug-likeness (QED) is 0.179. The Bertz CT molecular complexity index is 1860. The van der Waals surface area contributed by atoms with Crippen molar-refractivity contribution in [2.45, 2.75) is 85.2 Å². The molecular formula is C43H48N2OP+. The van der Waals surface area contributed by atoms with Crippen molar-refractivity contribution in [2.75, 3.05) is 9.34 Å². The smallest absolute Gasteiger partial charge is 0.134 e. The second kappa shape index (κ2) is 12.4. The van der Waals surface area contributed by atoms with Crippen LogP contribution in [0, 0.1) is 20.8 Å². The lowest BCUT2D eigenvalue weighted by molar-refractivity contribution is 0.569. The molecule has 47 heavy (non-hydrogen) atoms. The molecule has 1 saturated heterocycles. The van der Waals surface area contributed by atoms with Crippen LogP contribution in [0.5, 0.6) is 0 Å². The third-order valence-corrected chi connectivity index (χ3v) is 11.1. The lowest BCUT2D eigenvalue weighted by Gasteiger charge is -2.28. The van der Waals surface area contributed by atoms with Gasteiger partial charge in [0, 0.05) is 5.56 Å². The van der Waals surface area contributed by atoms with Crippen molar-refractivity contribution in [3.8, 4) is 11.1 Å². The number of hydrogen-bond acceptors (Lipinski definition) is 1. The van der Waals surface area contributed by atoms with Gasteiger partial charge in [-0.15, -0.1) is 9.34 Å². The van der Waals surface area contributed by atoms with E-state index in [9.17, 15) is 0 Å². The molecule has 0 aromatic heterocycles. The highest BCUT2D eigenvalue weighted by Crippen LogP contribution is 2.63. The van der Waals surface area contributed by atoms with Crippen molar-refractivity contribution < 1.29 is 4.57 Å². The predicted molar refractivity (Wildman–Crippen MR) is 201 cm³/mol. The summed E-state index contributed by atoms with van der Waals surface area (Å²) in [4.78, 5) is 0. The Morgan fingerprint density at radius 2 is 1.00 bits per heavy atom. The molecule has 1 aliphatic heterocycles. The van der Waals surface area contributed by atoms with Crippen LogP contribution in [-0.4, -0.2) is 0 Å². The van der Waals surface area contributed by atoms with Gasteiger partial charge in [-0.1, -0.05) is 156 Å². The van der Waals surface area contributed by atoms with Crippen LogP contribution in [0.4, 0.5) is 11.4 Å². The van der Waals surface area contributed by atoms with Gasteiger partial charge in [-0.05, 0) is 81.2 Å². The second-order valence-corrected chi connectivity index (χ2v) is 16.6. The zero-order valence-electron chi connectivity index (χ0n) is 29.4. The Hall–Kier alpha value is -4.20. The topological polar surface area (TPSA) is 23.6 Å². The van der Waals surface area contributed by atoms with Gasteiger partial charge in [0.05, 0.1) is 11.4 Å². The molecule has 1 unspecified atom stereocenters. The molecule has 0 amide bonds. The summed E-state index contributed by atoms with van der Waals surface area (Å²) in [7, 11) is -2.06. The lowest BCUT2D eigenvalue weighted by atomic mass is 9.78. The van der Waals surface area contributed by atoms with E-state index in [4.69, 9.17) is 0 Å². The molecule has 4 heteroatoms. The van der Waals surface area contributed by atoms with Gasteiger partial charge >= 0.3 is 8.10 Å². The molecule has 0 bridgehead atoms. The summed E-state index contributed by atoms with van der Waals surface area (Å²) in [5.74, 6) is 0. The fourth-order valence-electron chi connectivity index (χ4n) is 7.10. The van der Waals surface area contributed by atoms with Gasteiger partial charge in [0.1, 0.15) is 12.1 Å². The fraction of sp³-hybridized carbons (Fsp3) is 0.302. The van der Waals surface area contributed by atoms with E-state index in [-0.39, 0.29) is 22.9 Å². The summed E-state index contributed by atoms with van der Waals surface area (Å²) in [5, 5.41) is 0. The van der Waals surface area contributed by atoms with Crippen molar-refractivity contribution in [3.05, 3.63) is 154 Å². The average molecular weight is 640 g/mol. The Kier molecular flexibility index (Phi) is 8.66. The van der Waals surface area contributed by atoms with Gasteiger partial charge in [-0.2, -0.15) is 0 Å². The van der Waals surface area contributed by atoms with E-state index < -0.39 is 8.10 Å². The van der Waals surface area contributed by atoms with E-state index in [2.05, 4.69) is 187 Å². The van der Waals surface area contributed by atoms with Crippen LogP contribution in [0.1, 0.15) is 92.6 Å². The molecule has 0 N–H and O–H groups in total. The van der Waals surface area contributed by atoms with Crippen LogP contribution in [0.15, 0.2) is 115 Å². The van der Waals surface area contributed by atoms with Gasteiger partial charge in [-0.25, -0.2) is 0 Å². The van der Waals surface area contributed by atoms with E-state index in [1.165, 1.54) is 16.7 Å². The van der Waals surface area contributed by atoms with E-state index in [1.807, 2.05) is 0 Å². The first kappa shape index (κ1) is 32.7. The zero-order chi connectivity index (χ0) is 33.7. The summed E-state index contributed by atoms with van der Waals surface area (Å²) in [6.07, 6.45) is 0. The fourth-order valence-corrected chi connectivity index (χ4v) is 9.10. The number of nitrogens with zero attached hydrogens (tertiary/aromatic N) is 2. The van der Waals surface area contributed by atoms with Crippen LogP contribution >= 0.6 is 8.10 Å². The van der Waals surface area contributed by atoms with Crippen LogP contribution in [0.3, 0.4) is 0 Å². The van der Waals surface area contributed by atoms with E-state index >= 15 is 4.57 Å². The third kappa shape index (κ3) is 6.27. The normalized spacial score (nSPS) is 17.8. The van der Waals surface area contributed by atoms with E-state index in [0.29, 0.717) is 0 Å². The molecule has 240 valence electrons. The summed E-state index contributed by atoms with van der Waals surface area (Å²) >= 11 is 0. The Morgan fingerprint density at radius 1 is 0.553 bits per heavy atom. The molecule has 1 aliphatic rings. The summed E-state index contributed by atoms with van der Waals surface area (Å²) in [6.45, 7) is 20.1. The Labute approximate surface area is 283 Å². The molecule has 3 atom stereocenters. The molecule has 0 aliphatic carbocycles. The molecule has 1 fully saturated rings. The highest BCUT2D eigenvalue weighted by atomic mass is 31.1. The first-order chi connectivity index (χ1) is 22.3. The van der Waals surface area contributed by atoms with Crippen LogP contribution in [-0.2, 0) is 15.4 Å². The number of anilines is 2. The molecular weight excluding hydrogens is 591 g/mol. The predicted octanol–water partition coefficient (Wildman–Crippen LogP) is 12.3. The van der Waals surface area contributed by atoms with Gasteiger partial charge < -0.3 is 0 Å². The average Bonchev–Trinajstić information content (AvgIpc) is 3.32. The SMILES string of the molecule is Cc1cc(C)c(N2[C@@H](c3ccccc3)[C@H](c3ccccc3)N(c3ccccc3-c3cc(C(C)(C)C)cc(C(C)(C)C)c3)[P+]2=O)c(C)c1. The number of aryl methyl sites for hydroxylation is 3. The summed E-state index contributed by atoms with van der Waals surface area (Å²) in [6, 6.07) is 41.0. The van der Waals surface area contributed by atoms with Gasteiger partial charge in [0.25, 0.3) is 0 Å². The van der Waals surface area contributed by atoms with Crippen molar-refractivity contribution >= 4 is 19.5 Å². The molecule has 0 radical (unpaired) electrons. The number of hydrogen-bond donors (Lipinski definition) is 0. The zero-order valence-corrected chi connectivity index (χ0v) is 30.3. The van der Waals surface area contributed by atoms with Gasteiger partial charge in [0.15, 0.2) is 0 Å². The minimum atomic E-state index is -2.06. The monoisotopic (exact) mass is 639 g/mol. The molecule has 0 saturated carbocycles. The molecule has 5 aromatic rings. The lowest BCUT2D eigenvalue weighted by Crippen LogP contribution is -2.24. The second-order valence-electron chi connectivity index (χ2n) is 15.2. The number of para-hydroxylation sites is 1. The molecule has 6 rings (SSSR count). The van der Waals surface area contributed by atoms with Crippen molar-refractivity contribution in [2.24, 2.45) is 0 Å². The minimum Gasteiger partial charge on any atom is -0.134 e. The van der Waals surface area contributed by atoms with Crippen molar-refractivity contribution in [3.63, 3.8) is 0 Å². The largest absolute Gasteiger partial charge is 0.597 e. The highest BCUT2D eigenvalue weighted by Gasteiger charge is 2.59. The number of rotatable bonds is 5. The molecule has 5 aromatic carbocycles. The molecule has 1 heterocycles. The molecule has 3 nitrogen and oxygen atoms in total. The maximum atomic E-state index is 15.5. The molecule has 0 spiro atoms. The maximum absolute atomic E-state index is 15.5. The number of benzene rings is 5. The Morgan fingerprint density at radius 3 is 1.49 bits per heavy atom. The Balaban J connectivity index is 1.65. The van der Waals surface area contributed by atoms with Crippen LogP contribution < -0.4 is 9.34 Å². The highest BCUT2D eigenvalue weighted by molar-refractivity contribution is 7.49. The first-order valence-corrected chi connectivity index (χ1v) is 17.9. The van der Waals surface area contributed by atoms with Crippen LogP contribution in [0.25, 0.3) is 11.1 Å². The maximum Gasteiger partial charge on any atom is 0.597 e. The van der Waals surface area contributed by atoms with E-state index in [0.717, 1.165) is 44.8 Å². The van der Waals surface area contributed by atoms with Crippen molar-refractivity contribution in [1.29, 1.82) is 0 Å². The summed E-state index contributed by atoms with van der Waals surface area (Å²) in [5.41, 5.74) is 12.6. The summed E-state index contributed by atoms with van der Waals surface area (Å²) < 4.78 is 19.9. The van der Waals surface area contributed by atoms with Gasteiger partial charge in [-0.3, -0.25) is 0 Å². The third-order valence-electron chi connectivity index (χ3n) is 9.47. The van der Waals surface area contributed by atoms with E-state index in [1.54, 1.807) is 0 Å². The first-order valence-electron chi connectivity index (χ1n) is 16.7. The minimum absolute atomic E-state index is 0.0218. The standard InChI is InChI=1S/C43H48N2OP/c1-29-24-30(2)39(31(3)25-29)45-41(33-20-14-11-15-21-33)40(32-18-12-10-13-19-32)44(47(45)46)38-23-17-16-22-37(38)34-26-35(42(4,5)6)28-36(27-34)43(7,8)9/h10-28,40-41H,1-9H3/q+1/t40-,41-/m0/s1.